The van der Waals surface area contributed by atoms with Crippen molar-refractivity contribution in [2.24, 2.45) is 10.7 Å². The summed E-state index contributed by atoms with van der Waals surface area (Å²) in [6, 6.07) is 0. The van der Waals surface area contributed by atoms with Crippen molar-refractivity contribution in [3.8, 4) is 0 Å². The molecular weight excluding hydrogens is 191 g/mol. The second kappa shape index (κ2) is 4.74. The summed E-state index contributed by atoms with van der Waals surface area (Å²) in [5.41, 5.74) is 5.25. The minimum Gasteiger partial charge on any atom is -0.379 e. The first-order valence-electron chi connectivity index (χ1n) is 2.60. The maximum atomic E-state index is 8.88. The van der Waals surface area contributed by atoms with E-state index in [1.54, 1.807) is 11.8 Å². The van der Waals surface area contributed by atoms with Gasteiger partial charge in [0.05, 0.1) is 6.54 Å². The van der Waals surface area contributed by atoms with Crippen LogP contribution in [0.1, 0.15) is 0 Å². The molecule has 66 valence electrons. The molecule has 1 heterocycles. The van der Waals surface area contributed by atoms with Crippen LogP contribution in [0.15, 0.2) is 4.99 Å². The second-order valence-electron chi connectivity index (χ2n) is 1.58. The number of nitrogens with zero attached hydrogens (tertiary/aromatic N) is 1. The summed E-state index contributed by atoms with van der Waals surface area (Å²) in [6.45, 7) is 0.913. The van der Waals surface area contributed by atoms with E-state index in [9.17, 15) is 0 Å². The predicted octanol–water partition coefficient (Wildman–Crippen LogP) is -0.881. The van der Waals surface area contributed by atoms with Crippen molar-refractivity contribution in [2.45, 2.75) is 0 Å². The van der Waals surface area contributed by atoms with Crippen LogP contribution in [-0.4, -0.2) is 32.1 Å². The van der Waals surface area contributed by atoms with Crippen molar-refractivity contribution >= 4 is 24.8 Å². The second-order valence-corrected chi connectivity index (χ2v) is 3.72. The average molecular weight is 200 g/mol. The minimum atomic E-state index is -4.64. The number of hydrogen-bond donors (Lipinski definition) is 4. The lowest BCUT2D eigenvalue weighted by molar-refractivity contribution is 0.275. The molecule has 0 spiro atoms. The molecule has 0 atom stereocenters. The number of nitrogens with two attached hydrogens (primary N) is 1. The van der Waals surface area contributed by atoms with E-state index in [2.05, 4.69) is 4.99 Å². The van der Waals surface area contributed by atoms with Gasteiger partial charge in [0.15, 0.2) is 5.17 Å². The number of rotatable bonds is 0. The summed E-state index contributed by atoms with van der Waals surface area (Å²) in [5, 5.41) is 0.745. The fourth-order valence-electron chi connectivity index (χ4n) is 0.352. The monoisotopic (exact) mass is 200 g/mol. The van der Waals surface area contributed by atoms with Crippen LogP contribution >= 0.6 is 19.6 Å². The Hall–Kier alpha value is -0.0700. The number of hydrogen-bond acceptors (Lipinski definition) is 4. The summed E-state index contributed by atoms with van der Waals surface area (Å²) < 4.78 is 8.88. The van der Waals surface area contributed by atoms with Gasteiger partial charge in [0.25, 0.3) is 0 Å². The predicted molar refractivity (Wildman–Crippen MR) is 43.2 cm³/mol. The molecule has 1 rings (SSSR count). The lowest BCUT2D eigenvalue weighted by atomic mass is 10.8. The molecule has 6 nitrogen and oxygen atoms in total. The molecule has 0 aliphatic carbocycles. The van der Waals surface area contributed by atoms with E-state index in [1.807, 2.05) is 0 Å². The van der Waals surface area contributed by atoms with Crippen LogP contribution in [0.4, 0.5) is 0 Å². The Kier molecular flexibility index (Phi) is 4.71. The zero-order valence-corrected chi connectivity index (χ0v) is 7.26. The lowest BCUT2D eigenvalue weighted by Crippen LogP contribution is -2.00. The van der Waals surface area contributed by atoms with Crippen molar-refractivity contribution < 1.29 is 19.2 Å². The maximum absolute atomic E-state index is 8.88. The Morgan fingerprint density at radius 2 is 2.00 bits per heavy atom. The van der Waals surface area contributed by atoms with Crippen molar-refractivity contribution in [3.63, 3.8) is 0 Å². The smallest absolute Gasteiger partial charge is 0.379 e. The zero-order valence-electron chi connectivity index (χ0n) is 5.54. The fourth-order valence-corrected chi connectivity index (χ4v) is 0.926. The topological polar surface area (TPSA) is 116 Å². The van der Waals surface area contributed by atoms with Gasteiger partial charge in [-0.25, -0.2) is 4.57 Å². The van der Waals surface area contributed by atoms with Crippen LogP contribution < -0.4 is 5.73 Å². The summed E-state index contributed by atoms with van der Waals surface area (Å²) in [7, 11) is -4.64. The van der Waals surface area contributed by atoms with Gasteiger partial charge in [-0.1, -0.05) is 11.8 Å². The third kappa shape index (κ3) is 13.0. The maximum Gasteiger partial charge on any atom is 0.466 e. The number of thioether (sulfide) groups is 1. The summed E-state index contributed by atoms with van der Waals surface area (Å²) in [6.07, 6.45) is 0. The molecule has 0 amide bonds. The van der Waals surface area contributed by atoms with Gasteiger partial charge in [-0.15, -0.1) is 0 Å². The van der Waals surface area contributed by atoms with Crippen LogP contribution in [0.2, 0.25) is 0 Å². The molecule has 0 radical (unpaired) electrons. The van der Waals surface area contributed by atoms with Crippen molar-refractivity contribution in [2.75, 3.05) is 12.3 Å². The molecule has 0 aromatic carbocycles. The fraction of sp³-hybridized carbons (Fsp3) is 0.667. The Balaban J connectivity index is 0.000000187. The van der Waals surface area contributed by atoms with Gasteiger partial charge >= 0.3 is 7.82 Å². The van der Waals surface area contributed by atoms with Gasteiger partial charge in [0.2, 0.25) is 0 Å². The Bertz CT molecular complexity index is 182. The van der Waals surface area contributed by atoms with Gasteiger partial charge in [0, 0.05) is 5.75 Å². The van der Waals surface area contributed by atoms with E-state index in [0.29, 0.717) is 0 Å². The third-order valence-corrected chi connectivity index (χ3v) is 1.42. The van der Waals surface area contributed by atoms with Crippen LogP contribution in [-0.2, 0) is 4.57 Å². The summed E-state index contributed by atoms with van der Waals surface area (Å²) in [5.74, 6) is 1.08. The van der Waals surface area contributed by atoms with Crippen LogP contribution in [0.25, 0.3) is 0 Å². The van der Waals surface area contributed by atoms with Gasteiger partial charge in [0.1, 0.15) is 0 Å². The Morgan fingerprint density at radius 1 is 1.55 bits per heavy atom. The molecule has 5 N–H and O–H groups in total. The molecule has 1 aliphatic heterocycles. The Labute approximate surface area is 67.8 Å². The first-order valence-corrected chi connectivity index (χ1v) is 5.15. The molecule has 0 fully saturated rings. The molecule has 0 unspecified atom stereocenters. The van der Waals surface area contributed by atoms with E-state index in [-0.39, 0.29) is 0 Å². The van der Waals surface area contributed by atoms with E-state index >= 15 is 0 Å². The minimum absolute atomic E-state index is 0.745. The zero-order chi connectivity index (χ0) is 8.91. The molecule has 0 saturated heterocycles. The van der Waals surface area contributed by atoms with Crippen LogP contribution in [0.5, 0.6) is 0 Å². The van der Waals surface area contributed by atoms with Crippen molar-refractivity contribution in [3.05, 3.63) is 0 Å². The SMILES string of the molecule is NC1=NCCS1.O=P(O)(O)O. The van der Waals surface area contributed by atoms with Crippen molar-refractivity contribution in [1.82, 2.24) is 0 Å². The normalized spacial score (nSPS) is 16.8. The van der Waals surface area contributed by atoms with Crippen LogP contribution in [0.3, 0.4) is 0 Å². The summed E-state index contributed by atoms with van der Waals surface area (Å²) in [4.78, 5) is 25.5. The highest BCUT2D eigenvalue weighted by Gasteiger charge is 2.00. The number of amidine groups is 1. The molecule has 0 aromatic rings. The van der Waals surface area contributed by atoms with Gasteiger partial charge < -0.3 is 20.4 Å². The van der Waals surface area contributed by atoms with Gasteiger partial charge in [-0.05, 0) is 0 Å². The molecule has 8 heteroatoms. The molecular formula is C3H9N2O4PS. The highest BCUT2D eigenvalue weighted by atomic mass is 32.2. The van der Waals surface area contributed by atoms with E-state index in [0.717, 1.165) is 17.5 Å². The van der Waals surface area contributed by atoms with E-state index in [4.69, 9.17) is 25.0 Å². The first-order chi connectivity index (χ1) is 4.89. The molecule has 0 saturated carbocycles. The highest BCUT2D eigenvalue weighted by molar-refractivity contribution is 8.14. The van der Waals surface area contributed by atoms with Gasteiger partial charge in [-0.3, -0.25) is 4.99 Å². The highest BCUT2D eigenvalue weighted by Crippen LogP contribution is 2.25. The lowest BCUT2D eigenvalue weighted by Gasteiger charge is -1.82. The quantitative estimate of drug-likeness (QED) is 0.377. The largest absolute Gasteiger partial charge is 0.466 e. The van der Waals surface area contributed by atoms with E-state index < -0.39 is 7.82 Å². The molecule has 0 aromatic heterocycles. The first kappa shape index (κ1) is 10.9. The van der Waals surface area contributed by atoms with E-state index in [1.165, 1.54) is 0 Å². The Morgan fingerprint density at radius 3 is 2.09 bits per heavy atom. The van der Waals surface area contributed by atoms with Crippen molar-refractivity contribution in [1.29, 1.82) is 0 Å². The standard InChI is InChI=1S/C3H6N2S.H3O4P/c4-3-5-1-2-6-3;1-5(2,3)4/h1-2H2,(H2,4,5);(H3,1,2,3,4). The molecule has 11 heavy (non-hydrogen) atoms. The number of aliphatic imine (C=N–C) groups is 1. The van der Waals surface area contributed by atoms with Crippen LogP contribution in [0, 0.1) is 0 Å². The average Bonchev–Trinajstić information content (AvgIpc) is 2.12. The number of phosphoric acid groups is 1. The molecule has 1 aliphatic rings. The summed E-state index contributed by atoms with van der Waals surface area (Å²) >= 11 is 1.62. The molecule has 0 bridgehead atoms. The third-order valence-electron chi connectivity index (χ3n) is 0.609. The van der Waals surface area contributed by atoms with Gasteiger partial charge in [-0.2, -0.15) is 0 Å².